The van der Waals surface area contributed by atoms with Crippen LogP contribution in [0, 0.1) is 0 Å². The van der Waals surface area contributed by atoms with Gasteiger partial charge in [-0.15, -0.1) is 0 Å². The van der Waals surface area contributed by atoms with Gasteiger partial charge in [-0.1, -0.05) is 36.4 Å². The van der Waals surface area contributed by atoms with Crippen LogP contribution in [0.2, 0.25) is 0 Å². The maximum Gasteiger partial charge on any atom is 0.272 e. The van der Waals surface area contributed by atoms with Crippen molar-refractivity contribution in [3.8, 4) is 0 Å². The molecule has 0 aliphatic heterocycles. The number of carbonyl (C=O) groups excluding carboxylic acids is 1. The summed E-state index contributed by atoms with van der Waals surface area (Å²) in [7, 11) is 0. The van der Waals surface area contributed by atoms with Gasteiger partial charge in [-0.25, -0.2) is 4.52 Å². The Kier molecular flexibility index (Phi) is 3.21. The SMILES string of the molecule is C[C@H](NC(=O)c1cc2ccccn2n1)c1ccccc1. The van der Waals surface area contributed by atoms with E-state index in [0.29, 0.717) is 5.69 Å². The maximum absolute atomic E-state index is 12.2. The second-order valence-corrected chi connectivity index (χ2v) is 4.71. The molecule has 0 bridgehead atoms. The maximum atomic E-state index is 12.2. The molecule has 0 unspecified atom stereocenters. The Morgan fingerprint density at radius 1 is 1.15 bits per heavy atom. The highest BCUT2D eigenvalue weighted by atomic mass is 16.2. The van der Waals surface area contributed by atoms with Crippen molar-refractivity contribution in [2.75, 3.05) is 0 Å². The number of rotatable bonds is 3. The van der Waals surface area contributed by atoms with Gasteiger partial charge in [0.2, 0.25) is 0 Å². The van der Waals surface area contributed by atoms with Crippen molar-refractivity contribution < 1.29 is 4.79 Å². The average Bonchev–Trinajstić information content (AvgIpc) is 2.92. The fourth-order valence-electron chi connectivity index (χ4n) is 2.14. The van der Waals surface area contributed by atoms with E-state index >= 15 is 0 Å². The highest BCUT2D eigenvalue weighted by Gasteiger charge is 2.14. The summed E-state index contributed by atoms with van der Waals surface area (Å²) in [5.41, 5.74) is 2.41. The fourth-order valence-corrected chi connectivity index (χ4v) is 2.14. The number of nitrogens with one attached hydrogen (secondary N) is 1. The molecule has 100 valence electrons. The first-order valence-electron chi connectivity index (χ1n) is 6.54. The normalized spacial score (nSPS) is 12.2. The minimum absolute atomic E-state index is 0.0477. The van der Waals surface area contributed by atoms with E-state index in [2.05, 4.69) is 10.4 Å². The Hall–Kier alpha value is -2.62. The van der Waals surface area contributed by atoms with Crippen LogP contribution in [0.3, 0.4) is 0 Å². The Morgan fingerprint density at radius 2 is 1.90 bits per heavy atom. The summed E-state index contributed by atoms with van der Waals surface area (Å²) in [6.45, 7) is 1.96. The van der Waals surface area contributed by atoms with Crippen molar-refractivity contribution in [2.45, 2.75) is 13.0 Å². The van der Waals surface area contributed by atoms with E-state index in [1.807, 2.05) is 61.7 Å². The van der Waals surface area contributed by atoms with Gasteiger partial charge in [0.15, 0.2) is 5.69 Å². The first-order valence-corrected chi connectivity index (χ1v) is 6.54. The smallest absolute Gasteiger partial charge is 0.272 e. The van der Waals surface area contributed by atoms with E-state index in [1.165, 1.54) is 0 Å². The van der Waals surface area contributed by atoms with Crippen molar-refractivity contribution in [3.05, 3.63) is 72.1 Å². The van der Waals surface area contributed by atoms with Crippen molar-refractivity contribution in [1.82, 2.24) is 14.9 Å². The molecule has 3 rings (SSSR count). The van der Waals surface area contributed by atoms with Gasteiger partial charge in [-0.3, -0.25) is 4.79 Å². The predicted molar refractivity (Wildman–Crippen MR) is 77.5 cm³/mol. The predicted octanol–water partition coefficient (Wildman–Crippen LogP) is 2.83. The lowest BCUT2D eigenvalue weighted by Gasteiger charge is -2.12. The van der Waals surface area contributed by atoms with Crippen molar-refractivity contribution in [3.63, 3.8) is 0 Å². The Balaban J connectivity index is 1.79. The number of amides is 1. The van der Waals surface area contributed by atoms with E-state index in [0.717, 1.165) is 11.1 Å². The third-order valence-corrected chi connectivity index (χ3v) is 3.25. The van der Waals surface area contributed by atoms with Crippen LogP contribution in [0.15, 0.2) is 60.8 Å². The van der Waals surface area contributed by atoms with E-state index < -0.39 is 0 Å². The minimum Gasteiger partial charge on any atom is -0.344 e. The molecule has 0 saturated carbocycles. The number of pyridine rings is 1. The molecule has 20 heavy (non-hydrogen) atoms. The molecule has 0 spiro atoms. The monoisotopic (exact) mass is 265 g/mol. The fraction of sp³-hybridized carbons (Fsp3) is 0.125. The highest BCUT2D eigenvalue weighted by molar-refractivity contribution is 5.93. The second-order valence-electron chi connectivity index (χ2n) is 4.71. The van der Waals surface area contributed by atoms with Crippen LogP contribution in [0.4, 0.5) is 0 Å². The quantitative estimate of drug-likeness (QED) is 0.791. The summed E-state index contributed by atoms with van der Waals surface area (Å²) < 4.78 is 1.70. The van der Waals surface area contributed by atoms with Crippen LogP contribution in [-0.4, -0.2) is 15.5 Å². The molecule has 0 saturated heterocycles. The number of nitrogens with zero attached hydrogens (tertiary/aromatic N) is 2. The van der Waals surface area contributed by atoms with Gasteiger partial charge < -0.3 is 5.32 Å². The van der Waals surface area contributed by atoms with Crippen molar-refractivity contribution in [2.24, 2.45) is 0 Å². The highest BCUT2D eigenvalue weighted by Crippen LogP contribution is 2.13. The number of benzene rings is 1. The molecule has 4 nitrogen and oxygen atoms in total. The van der Waals surface area contributed by atoms with Crippen LogP contribution in [0.25, 0.3) is 5.52 Å². The first kappa shape index (κ1) is 12.4. The van der Waals surface area contributed by atoms with Gasteiger partial charge in [-0.05, 0) is 30.7 Å². The third-order valence-electron chi connectivity index (χ3n) is 3.25. The van der Waals surface area contributed by atoms with Gasteiger partial charge in [0.1, 0.15) is 0 Å². The van der Waals surface area contributed by atoms with E-state index in [-0.39, 0.29) is 11.9 Å². The van der Waals surface area contributed by atoms with Gasteiger partial charge >= 0.3 is 0 Å². The number of fused-ring (bicyclic) bond motifs is 1. The minimum atomic E-state index is -0.162. The Bertz CT molecular complexity index is 701. The lowest BCUT2D eigenvalue weighted by atomic mass is 10.1. The van der Waals surface area contributed by atoms with E-state index in [9.17, 15) is 4.79 Å². The summed E-state index contributed by atoms with van der Waals surface area (Å²) in [4.78, 5) is 12.2. The zero-order valence-electron chi connectivity index (χ0n) is 11.2. The molecule has 1 amide bonds. The molecule has 2 aromatic heterocycles. The summed E-state index contributed by atoms with van der Waals surface area (Å²) in [6, 6.07) is 17.3. The molecule has 0 fully saturated rings. The molecular formula is C16H15N3O. The molecule has 4 heteroatoms. The molecule has 1 aromatic carbocycles. The molecule has 0 aliphatic rings. The molecule has 0 radical (unpaired) electrons. The molecule has 2 heterocycles. The third kappa shape index (κ3) is 2.40. The van der Waals surface area contributed by atoms with Crippen LogP contribution >= 0.6 is 0 Å². The number of hydrogen-bond donors (Lipinski definition) is 1. The van der Waals surface area contributed by atoms with Crippen LogP contribution in [0.5, 0.6) is 0 Å². The summed E-state index contributed by atoms with van der Waals surface area (Å²) in [6.07, 6.45) is 1.83. The largest absolute Gasteiger partial charge is 0.344 e. The number of hydrogen-bond acceptors (Lipinski definition) is 2. The van der Waals surface area contributed by atoms with Gasteiger partial charge in [0.25, 0.3) is 5.91 Å². The molecule has 1 atom stereocenters. The van der Waals surface area contributed by atoms with Crippen LogP contribution < -0.4 is 5.32 Å². The molecule has 3 aromatic rings. The van der Waals surface area contributed by atoms with Crippen molar-refractivity contribution >= 4 is 11.4 Å². The topological polar surface area (TPSA) is 46.4 Å². The second kappa shape index (κ2) is 5.17. The number of aromatic nitrogens is 2. The zero-order valence-corrected chi connectivity index (χ0v) is 11.2. The summed E-state index contributed by atoms with van der Waals surface area (Å²) in [5, 5.41) is 7.22. The summed E-state index contributed by atoms with van der Waals surface area (Å²) >= 11 is 0. The van der Waals surface area contributed by atoms with Gasteiger partial charge in [0, 0.05) is 6.20 Å². The van der Waals surface area contributed by atoms with Crippen LogP contribution in [-0.2, 0) is 0 Å². The van der Waals surface area contributed by atoms with Crippen LogP contribution in [0.1, 0.15) is 29.0 Å². The van der Waals surface area contributed by atoms with Gasteiger partial charge in [-0.2, -0.15) is 5.10 Å². The molecule has 1 N–H and O–H groups in total. The summed E-state index contributed by atoms with van der Waals surface area (Å²) in [5.74, 6) is -0.162. The van der Waals surface area contributed by atoms with E-state index in [4.69, 9.17) is 0 Å². The lowest BCUT2D eigenvalue weighted by Crippen LogP contribution is -2.27. The standard InChI is InChI=1S/C16H15N3O/c1-12(13-7-3-2-4-8-13)17-16(20)15-11-14-9-5-6-10-19(14)18-15/h2-12H,1H3,(H,17,20)/t12-/m0/s1. The Morgan fingerprint density at radius 3 is 2.65 bits per heavy atom. The lowest BCUT2D eigenvalue weighted by molar-refractivity contribution is 0.0934. The number of carbonyl (C=O) groups is 1. The molecule has 0 aliphatic carbocycles. The first-order chi connectivity index (χ1) is 9.74. The van der Waals surface area contributed by atoms with Gasteiger partial charge in [0.05, 0.1) is 11.6 Å². The molecular weight excluding hydrogens is 250 g/mol. The zero-order chi connectivity index (χ0) is 13.9. The average molecular weight is 265 g/mol. The van der Waals surface area contributed by atoms with Crippen molar-refractivity contribution in [1.29, 1.82) is 0 Å². The Labute approximate surface area is 117 Å². The van der Waals surface area contributed by atoms with E-state index in [1.54, 1.807) is 10.6 Å².